The largest absolute Gasteiger partial charge is 0.454 e. The van der Waals surface area contributed by atoms with Crippen molar-refractivity contribution in [1.29, 1.82) is 5.26 Å². The number of ether oxygens (including phenoxy) is 2. The summed E-state index contributed by atoms with van der Waals surface area (Å²) >= 11 is 0. The Morgan fingerprint density at radius 2 is 2.10 bits per heavy atom. The maximum Gasteiger partial charge on any atom is 0.231 e. The highest BCUT2D eigenvalue weighted by Gasteiger charge is 2.12. The van der Waals surface area contributed by atoms with Gasteiger partial charge in [0.15, 0.2) is 11.5 Å². The first-order chi connectivity index (χ1) is 9.86. The van der Waals surface area contributed by atoms with E-state index in [2.05, 4.69) is 16.4 Å². The van der Waals surface area contributed by atoms with Gasteiger partial charge >= 0.3 is 0 Å². The molecule has 1 aromatic heterocycles. The third-order valence-electron chi connectivity index (χ3n) is 3.08. The van der Waals surface area contributed by atoms with Crippen molar-refractivity contribution >= 4 is 0 Å². The molecule has 0 atom stereocenters. The molecule has 0 aliphatic carbocycles. The van der Waals surface area contributed by atoms with E-state index in [4.69, 9.17) is 14.7 Å². The zero-order valence-electron chi connectivity index (χ0n) is 10.8. The van der Waals surface area contributed by atoms with Gasteiger partial charge in [0.2, 0.25) is 6.79 Å². The smallest absolute Gasteiger partial charge is 0.231 e. The second-order valence-electron chi connectivity index (χ2n) is 4.41. The van der Waals surface area contributed by atoms with Crippen molar-refractivity contribution in [2.24, 2.45) is 0 Å². The number of aromatic nitrogens is 1. The Morgan fingerprint density at radius 3 is 3.00 bits per heavy atom. The highest BCUT2D eigenvalue weighted by molar-refractivity contribution is 5.44. The minimum Gasteiger partial charge on any atom is -0.454 e. The van der Waals surface area contributed by atoms with Crippen LogP contribution in [0.5, 0.6) is 11.5 Å². The standard InChI is InChI=1S/C15H13N3O2/c16-7-13-12(2-1-5-18-13)9-17-8-11-3-4-14-15(6-11)20-10-19-14/h1-6,17H,8-10H2. The fraction of sp³-hybridized carbons (Fsp3) is 0.200. The van der Waals surface area contributed by atoms with Crippen molar-refractivity contribution in [3.63, 3.8) is 0 Å². The quantitative estimate of drug-likeness (QED) is 0.917. The van der Waals surface area contributed by atoms with Crippen molar-refractivity contribution in [3.8, 4) is 17.6 Å². The average molecular weight is 267 g/mol. The van der Waals surface area contributed by atoms with E-state index in [1.807, 2.05) is 30.3 Å². The predicted molar refractivity (Wildman–Crippen MR) is 72.1 cm³/mol. The zero-order chi connectivity index (χ0) is 13.8. The third-order valence-corrected chi connectivity index (χ3v) is 3.08. The maximum atomic E-state index is 8.97. The molecule has 1 N–H and O–H groups in total. The van der Waals surface area contributed by atoms with E-state index < -0.39 is 0 Å². The molecule has 3 rings (SSSR count). The Morgan fingerprint density at radius 1 is 1.20 bits per heavy atom. The molecule has 2 heterocycles. The van der Waals surface area contributed by atoms with Crippen LogP contribution in [0.4, 0.5) is 0 Å². The highest BCUT2D eigenvalue weighted by Crippen LogP contribution is 2.32. The number of pyridine rings is 1. The van der Waals surface area contributed by atoms with Gasteiger partial charge in [-0.25, -0.2) is 4.98 Å². The van der Waals surface area contributed by atoms with Crippen LogP contribution < -0.4 is 14.8 Å². The molecule has 0 radical (unpaired) electrons. The summed E-state index contributed by atoms with van der Waals surface area (Å²) in [6.07, 6.45) is 1.62. The second kappa shape index (κ2) is 5.59. The van der Waals surface area contributed by atoms with E-state index in [0.29, 0.717) is 18.8 Å². The Bertz CT molecular complexity index is 664. The molecule has 1 aliphatic rings. The molecule has 1 aliphatic heterocycles. The normalized spacial score (nSPS) is 12.2. The van der Waals surface area contributed by atoms with Gasteiger partial charge in [0.1, 0.15) is 11.8 Å². The van der Waals surface area contributed by atoms with Gasteiger partial charge in [-0.3, -0.25) is 0 Å². The van der Waals surface area contributed by atoms with E-state index in [0.717, 1.165) is 22.6 Å². The fourth-order valence-electron chi connectivity index (χ4n) is 2.07. The molecule has 0 bridgehead atoms. The first-order valence-corrected chi connectivity index (χ1v) is 6.30. The van der Waals surface area contributed by atoms with Crippen LogP contribution in [0.25, 0.3) is 0 Å². The topological polar surface area (TPSA) is 67.2 Å². The average Bonchev–Trinajstić information content (AvgIpc) is 2.95. The zero-order valence-corrected chi connectivity index (χ0v) is 10.8. The molecule has 0 unspecified atom stereocenters. The number of hydrogen-bond donors (Lipinski definition) is 1. The lowest BCUT2D eigenvalue weighted by Crippen LogP contribution is -2.14. The number of nitrogens with one attached hydrogen (secondary N) is 1. The van der Waals surface area contributed by atoms with Crippen LogP contribution in [0.3, 0.4) is 0 Å². The van der Waals surface area contributed by atoms with Crippen LogP contribution in [-0.4, -0.2) is 11.8 Å². The SMILES string of the molecule is N#Cc1ncccc1CNCc1ccc2c(c1)OCO2. The molecule has 0 amide bonds. The molecule has 5 heteroatoms. The van der Waals surface area contributed by atoms with Crippen molar-refractivity contribution in [2.75, 3.05) is 6.79 Å². The summed E-state index contributed by atoms with van der Waals surface area (Å²) in [5, 5.41) is 12.3. The summed E-state index contributed by atoms with van der Waals surface area (Å²) in [7, 11) is 0. The second-order valence-corrected chi connectivity index (χ2v) is 4.41. The Kier molecular flexibility index (Phi) is 3.48. The van der Waals surface area contributed by atoms with Crippen LogP contribution in [0.1, 0.15) is 16.8 Å². The van der Waals surface area contributed by atoms with Gasteiger partial charge in [-0.1, -0.05) is 12.1 Å². The van der Waals surface area contributed by atoms with Gasteiger partial charge in [-0.15, -0.1) is 0 Å². The number of rotatable bonds is 4. The Balaban J connectivity index is 1.62. The summed E-state index contributed by atoms with van der Waals surface area (Å²) in [4.78, 5) is 4.03. The number of nitriles is 1. The molecule has 2 aromatic rings. The summed E-state index contributed by atoms with van der Waals surface area (Å²) in [5.74, 6) is 1.57. The number of nitrogens with zero attached hydrogens (tertiary/aromatic N) is 2. The number of hydrogen-bond acceptors (Lipinski definition) is 5. The van der Waals surface area contributed by atoms with Crippen LogP contribution in [0, 0.1) is 11.3 Å². The van der Waals surface area contributed by atoms with E-state index in [9.17, 15) is 0 Å². The van der Waals surface area contributed by atoms with Crippen molar-refractivity contribution < 1.29 is 9.47 Å². The first-order valence-electron chi connectivity index (χ1n) is 6.30. The minimum absolute atomic E-state index is 0.285. The molecule has 20 heavy (non-hydrogen) atoms. The van der Waals surface area contributed by atoms with Crippen molar-refractivity contribution in [1.82, 2.24) is 10.3 Å². The summed E-state index contributed by atoms with van der Waals surface area (Å²) < 4.78 is 10.6. The highest BCUT2D eigenvalue weighted by atomic mass is 16.7. The van der Waals surface area contributed by atoms with Gasteiger partial charge in [-0.05, 0) is 23.8 Å². The molecule has 1 aromatic carbocycles. The van der Waals surface area contributed by atoms with Gasteiger partial charge in [0.25, 0.3) is 0 Å². The molecule has 5 nitrogen and oxygen atoms in total. The molecule has 0 spiro atoms. The predicted octanol–water partition coefficient (Wildman–Crippen LogP) is 1.97. The lowest BCUT2D eigenvalue weighted by atomic mass is 10.1. The molecule has 0 saturated carbocycles. The van der Waals surface area contributed by atoms with Gasteiger partial charge in [0, 0.05) is 24.8 Å². The number of benzene rings is 1. The first kappa shape index (κ1) is 12.5. The van der Waals surface area contributed by atoms with Crippen LogP contribution in [-0.2, 0) is 13.1 Å². The number of fused-ring (bicyclic) bond motifs is 1. The Hall–Kier alpha value is -2.58. The van der Waals surface area contributed by atoms with E-state index >= 15 is 0 Å². The van der Waals surface area contributed by atoms with Gasteiger partial charge in [0.05, 0.1) is 0 Å². The lowest BCUT2D eigenvalue weighted by Gasteiger charge is -2.06. The summed E-state index contributed by atoms with van der Waals surface area (Å²) in [6.45, 7) is 1.58. The van der Waals surface area contributed by atoms with Crippen LogP contribution in [0.15, 0.2) is 36.5 Å². The monoisotopic (exact) mass is 267 g/mol. The minimum atomic E-state index is 0.285. The fourth-order valence-corrected chi connectivity index (χ4v) is 2.07. The van der Waals surface area contributed by atoms with Crippen LogP contribution >= 0.6 is 0 Å². The molecular formula is C15H13N3O2. The van der Waals surface area contributed by atoms with Crippen molar-refractivity contribution in [3.05, 3.63) is 53.3 Å². The molecule has 100 valence electrons. The molecule has 0 fully saturated rings. The van der Waals surface area contributed by atoms with E-state index in [1.165, 1.54) is 0 Å². The van der Waals surface area contributed by atoms with E-state index in [1.54, 1.807) is 6.20 Å². The summed E-state index contributed by atoms with van der Waals surface area (Å²) in [6, 6.07) is 11.7. The maximum absolute atomic E-state index is 8.97. The van der Waals surface area contributed by atoms with Gasteiger partial charge < -0.3 is 14.8 Å². The lowest BCUT2D eigenvalue weighted by molar-refractivity contribution is 0.174. The molecular weight excluding hydrogens is 254 g/mol. The van der Waals surface area contributed by atoms with Crippen molar-refractivity contribution in [2.45, 2.75) is 13.1 Å². The van der Waals surface area contributed by atoms with Crippen LogP contribution in [0.2, 0.25) is 0 Å². The molecule has 0 saturated heterocycles. The summed E-state index contributed by atoms with van der Waals surface area (Å²) in [5.41, 5.74) is 2.47. The third kappa shape index (κ3) is 2.56. The Labute approximate surface area is 116 Å². The van der Waals surface area contributed by atoms with Gasteiger partial charge in [-0.2, -0.15) is 5.26 Å². The van der Waals surface area contributed by atoms with E-state index in [-0.39, 0.29) is 6.79 Å².